The van der Waals surface area contributed by atoms with Crippen LogP contribution in [0.3, 0.4) is 0 Å². The molecule has 1 aromatic heterocycles. The van der Waals surface area contributed by atoms with Gasteiger partial charge >= 0.3 is 0 Å². The van der Waals surface area contributed by atoms with E-state index in [1.165, 1.54) is 18.2 Å². The second kappa shape index (κ2) is 13.1. The van der Waals surface area contributed by atoms with E-state index in [1.54, 1.807) is 55.5 Å². The lowest BCUT2D eigenvalue weighted by molar-refractivity contribution is -0.123. The molecule has 2 N–H and O–H groups in total. The number of benzene rings is 4. The number of aromatic nitrogens is 1. The van der Waals surface area contributed by atoms with Gasteiger partial charge in [0.25, 0.3) is 11.8 Å². The predicted molar refractivity (Wildman–Crippen MR) is 155 cm³/mol. The number of rotatable bonds is 11. The molecule has 5 aromatic rings. The minimum Gasteiger partial charge on any atom is -0.457 e. The highest BCUT2D eigenvalue weighted by Crippen LogP contribution is 2.22. The Labute approximate surface area is 245 Å². The number of nitrogens with one attached hydrogen (secondary N) is 2. The Hall–Kier alpha value is -5.38. The molecule has 2 amide bonds. The molecule has 0 bridgehead atoms. The van der Waals surface area contributed by atoms with Crippen molar-refractivity contribution >= 4 is 28.7 Å². The molecular formula is C33H27F2N3O5. The highest BCUT2D eigenvalue weighted by Gasteiger charge is 2.30. The van der Waals surface area contributed by atoms with Crippen LogP contribution in [0.25, 0.3) is 11.1 Å². The van der Waals surface area contributed by atoms with Gasteiger partial charge in [0.15, 0.2) is 5.58 Å². The van der Waals surface area contributed by atoms with Crippen LogP contribution in [0.15, 0.2) is 101 Å². The minimum absolute atomic E-state index is 0.168. The van der Waals surface area contributed by atoms with Crippen LogP contribution in [-0.2, 0) is 11.2 Å². The van der Waals surface area contributed by atoms with Crippen molar-refractivity contribution < 1.29 is 32.3 Å². The van der Waals surface area contributed by atoms with Crippen molar-refractivity contribution in [1.82, 2.24) is 15.6 Å². The number of carbonyl (C=O) groups excluding carboxylic acids is 3. The average Bonchev–Trinajstić information content (AvgIpc) is 3.46. The van der Waals surface area contributed by atoms with Crippen molar-refractivity contribution in [2.24, 2.45) is 0 Å². The van der Waals surface area contributed by atoms with Crippen LogP contribution in [0.2, 0.25) is 0 Å². The number of ketones is 1. The van der Waals surface area contributed by atoms with Crippen LogP contribution >= 0.6 is 0 Å². The maximum Gasteiger partial charge on any atom is 0.266 e. The summed E-state index contributed by atoms with van der Waals surface area (Å²) in [5, 5.41) is 5.15. The van der Waals surface area contributed by atoms with Crippen LogP contribution in [-0.4, -0.2) is 34.7 Å². The van der Waals surface area contributed by atoms with Gasteiger partial charge in [-0.3, -0.25) is 14.4 Å². The Kier molecular flexibility index (Phi) is 8.85. The van der Waals surface area contributed by atoms with Crippen LogP contribution in [0.4, 0.5) is 8.78 Å². The smallest absolute Gasteiger partial charge is 0.266 e. The Morgan fingerprint density at radius 1 is 0.791 bits per heavy atom. The van der Waals surface area contributed by atoms with E-state index in [-0.39, 0.29) is 23.4 Å². The van der Waals surface area contributed by atoms with Crippen molar-refractivity contribution in [2.75, 3.05) is 0 Å². The number of nitrogens with zero attached hydrogens (tertiary/aromatic N) is 1. The van der Waals surface area contributed by atoms with Gasteiger partial charge < -0.3 is 19.8 Å². The summed E-state index contributed by atoms with van der Waals surface area (Å²) >= 11 is 0. The van der Waals surface area contributed by atoms with Gasteiger partial charge in [-0.05, 0) is 67.1 Å². The summed E-state index contributed by atoms with van der Waals surface area (Å²) < 4.78 is 40.4. The number of hydrogen-bond acceptors (Lipinski definition) is 6. The SMILES string of the molecule is CCC(NC(=O)C(Cc1c(F)cccc1F)NC(=O)c1ccc(Oc2ccccc2)cc1)C(=O)c1nc2ccccc2o1. The fraction of sp³-hybridized carbons (Fsp3) is 0.152. The van der Waals surface area contributed by atoms with Crippen molar-refractivity contribution in [3.8, 4) is 11.5 Å². The molecule has 0 aliphatic heterocycles. The summed E-state index contributed by atoms with van der Waals surface area (Å²) in [6.45, 7) is 1.68. The highest BCUT2D eigenvalue weighted by atomic mass is 19.1. The molecule has 1 heterocycles. The van der Waals surface area contributed by atoms with E-state index in [0.717, 1.165) is 12.1 Å². The van der Waals surface area contributed by atoms with Gasteiger partial charge in [-0.1, -0.05) is 43.3 Å². The molecule has 10 heteroatoms. The van der Waals surface area contributed by atoms with E-state index >= 15 is 0 Å². The van der Waals surface area contributed by atoms with Crippen molar-refractivity contribution in [3.63, 3.8) is 0 Å². The van der Waals surface area contributed by atoms with Gasteiger partial charge in [-0.25, -0.2) is 13.8 Å². The van der Waals surface area contributed by atoms with Crippen molar-refractivity contribution in [1.29, 1.82) is 0 Å². The summed E-state index contributed by atoms with van der Waals surface area (Å²) in [6.07, 6.45) is -0.334. The maximum atomic E-state index is 14.6. The quantitative estimate of drug-likeness (QED) is 0.184. The molecule has 0 saturated carbocycles. The summed E-state index contributed by atoms with van der Waals surface area (Å²) in [6, 6.07) is 22.9. The Bertz CT molecular complexity index is 1700. The molecule has 0 aliphatic carbocycles. The number of para-hydroxylation sites is 3. The van der Waals surface area contributed by atoms with Gasteiger partial charge in [-0.15, -0.1) is 0 Å². The normalized spacial score (nSPS) is 12.3. The highest BCUT2D eigenvalue weighted by molar-refractivity contribution is 6.02. The number of halogens is 2. The number of Topliss-reactive ketones (excluding diaryl/α,β-unsaturated/α-hetero) is 1. The molecule has 2 atom stereocenters. The molecule has 2 unspecified atom stereocenters. The molecule has 43 heavy (non-hydrogen) atoms. The first-order valence-electron chi connectivity index (χ1n) is 13.6. The van der Waals surface area contributed by atoms with Crippen molar-refractivity contribution in [3.05, 3.63) is 126 Å². The lowest BCUT2D eigenvalue weighted by atomic mass is 10.0. The largest absolute Gasteiger partial charge is 0.457 e. The van der Waals surface area contributed by atoms with E-state index in [9.17, 15) is 23.2 Å². The second-order valence-electron chi connectivity index (χ2n) is 9.69. The molecule has 8 nitrogen and oxygen atoms in total. The number of carbonyl (C=O) groups is 3. The number of amides is 2. The molecule has 5 rings (SSSR count). The van der Waals surface area contributed by atoms with E-state index in [0.29, 0.717) is 22.6 Å². The minimum atomic E-state index is -1.43. The average molecular weight is 584 g/mol. The summed E-state index contributed by atoms with van der Waals surface area (Å²) in [4.78, 5) is 44.1. The number of fused-ring (bicyclic) bond motifs is 1. The standard InChI is InChI=1S/C33H27F2N3O5/c1-2-26(30(39)33-38-27-13-6-7-14-29(27)43-33)36-32(41)28(19-23-24(34)11-8-12-25(23)35)37-31(40)20-15-17-22(18-16-20)42-21-9-4-3-5-10-21/h3-18,26,28H,2,19H2,1H3,(H,36,41)(H,37,40). The molecule has 0 spiro atoms. The van der Waals surface area contributed by atoms with E-state index in [2.05, 4.69) is 15.6 Å². The molecule has 0 aliphatic rings. The summed E-state index contributed by atoms with van der Waals surface area (Å²) in [7, 11) is 0. The van der Waals surface area contributed by atoms with Gasteiger partial charge in [0, 0.05) is 17.5 Å². The molecule has 0 saturated heterocycles. The fourth-order valence-electron chi connectivity index (χ4n) is 4.43. The number of oxazole rings is 1. The zero-order valence-corrected chi connectivity index (χ0v) is 23.1. The van der Waals surface area contributed by atoms with Crippen LogP contribution in [0.5, 0.6) is 11.5 Å². The third-order valence-corrected chi connectivity index (χ3v) is 6.73. The third kappa shape index (κ3) is 6.92. The Balaban J connectivity index is 1.34. The zero-order valence-electron chi connectivity index (χ0n) is 23.1. The van der Waals surface area contributed by atoms with Gasteiger partial charge in [0.2, 0.25) is 11.7 Å². The fourth-order valence-corrected chi connectivity index (χ4v) is 4.43. The van der Waals surface area contributed by atoms with Crippen molar-refractivity contribution in [2.45, 2.75) is 31.8 Å². The lowest BCUT2D eigenvalue weighted by Gasteiger charge is -2.22. The van der Waals surface area contributed by atoms with E-state index < -0.39 is 47.7 Å². The first-order chi connectivity index (χ1) is 20.8. The molecule has 0 fully saturated rings. The first-order valence-corrected chi connectivity index (χ1v) is 13.6. The molecule has 4 aromatic carbocycles. The van der Waals surface area contributed by atoms with Crippen LogP contribution in [0, 0.1) is 11.6 Å². The summed E-state index contributed by atoms with van der Waals surface area (Å²) in [5.41, 5.74) is 0.689. The topological polar surface area (TPSA) is 111 Å². The lowest BCUT2D eigenvalue weighted by Crippen LogP contribution is -2.52. The van der Waals surface area contributed by atoms with Gasteiger partial charge in [-0.2, -0.15) is 0 Å². The molecule has 0 radical (unpaired) electrons. The maximum absolute atomic E-state index is 14.6. The monoisotopic (exact) mass is 583 g/mol. The molecule has 218 valence electrons. The predicted octanol–water partition coefficient (Wildman–Crippen LogP) is 6.02. The second-order valence-corrected chi connectivity index (χ2v) is 9.69. The van der Waals surface area contributed by atoms with E-state index in [1.807, 2.05) is 18.2 Å². The number of hydrogen-bond donors (Lipinski definition) is 2. The Morgan fingerprint density at radius 3 is 2.12 bits per heavy atom. The third-order valence-electron chi connectivity index (χ3n) is 6.73. The van der Waals surface area contributed by atoms with E-state index in [4.69, 9.17) is 9.15 Å². The number of ether oxygens (including phenoxy) is 1. The van der Waals surface area contributed by atoms with Crippen LogP contribution < -0.4 is 15.4 Å². The van der Waals surface area contributed by atoms with Gasteiger partial charge in [0.05, 0.1) is 6.04 Å². The molecular weight excluding hydrogens is 556 g/mol. The zero-order chi connectivity index (χ0) is 30.3. The van der Waals surface area contributed by atoms with Gasteiger partial charge in [0.1, 0.15) is 34.7 Å². The first kappa shape index (κ1) is 29.1. The summed E-state index contributed by atoms with van der Waals surface area (Å²) in [5.74, 6) is -2.89. The Morgan fingerprint density at radius 2 is 1.44 bits per heavy atom. The van der Waals surface area contributed by atoms with Crippen LogP contribution in [0.1, 0.15) is 40.0 Å².